The van der Waals surface area contributed by atoms with Crippen LogP contribution in [-0.4, -0.2) is 17.1 Å². The second-order valence-electron chi connectivity index (χ2n) is 4.56. The lowest BCUT2D eigenvalue weighted by Crippen LogP contribution is -2.08. The van der Waals surface area contributed by atoms with Gasteiger partial charge in [0.15, 0.2) is 0 Å². The monoisotopic (exact) mass is 300 g/mol. The van der Waals surface area contributed by atoms with E-state index in [0.717, 1.165) is 14.7 Å². The third-order valence-corrected chi connectivity index (χ3v) is 4.85. The summed E-state index contributed by atoms with van der Waals surface area (Å²) in [6.07, 6.45) is 1.54. The molecule has 86 valence electrons. The Kier molecular flexibility index (Phi) is 2.92. The van der Waals surface area contributed by atoms with Crippen molar-refractivity contribution in [2.45, 2.75) is 26.2 Å². The summed E-state index contributed by atoms with van der Waals surface area (Å²) in [4.78, 5) is 10.6. The Morgan fingerprint density at radius 1 is 1.31 bits per heavy atom. The fourth-order valence-corrected chi connectivity index (χ4v) is 3.92. The smallest absolute Gasteiger partial charge is 0.226 e. The predicted octanol–water partition coefficient (Wildman–Crippen LogP) is 3.76. The van der Waals surface area contributed by atoms with E-state index in [1.807, 2.05) is 0 Å². The van der Waals surface area contributed by atoms with E-state index in [9.17, 15) is 0 Å². The molecule has 0 fully saturated rings. The van der Waals surface area contributed by atoms with E-state index in [0.29, 0.717) is 5.88 Å². The average molecular weight is 301 g/mol. The van der Waals surface area contributed by atoms with Crippen molar-refractivity contribution >= 4 is 37.5 Å². The van der Waals surface area contributed by atoms with E-state index in [2.05, 4.69) is 46.7 Å². The maximum atomic E-state index is 5.26. The van der Waals surface area contributed by atoms with Gasteiger partial charge in [-0.25, -0.2) is 9.97 Å². The van der Waals surface area contributed by atoms with Crippen molar-refractivity contribution in [1.82, 2.24) is 9.97 Å². The topological polar surface area (TPSA) is 35.0 Å². The zero-order valence-electron chi connectivity index (χ0n) is 9.67. The predicted molar refractivity (Wildman–Crippen MR) is 70.4 cm³/mol. The molecule has 2 aromatic heterocycles. The van der Waals surface area contributed by atoms with Crippen LogP contribution < -0.4 is 4.74 Å². The molecule has 0 aliphatic heterocycles. The first-order chi connectivity index (χ1) is 7.45. The van der Waals surface area contributed by atoms with Crippen molar-refractivity contribution in [3.05, 3.63) is 15.7 Å². The number of rotatable bonds is 1. The quantitative estimate of drug-likeness (QED) is 0.804. The largest absolute Gasteiger partial charge is 0.480 e. The molecule has 0 radical (unpaired) electrons. The number of aromatic nitrogens is 2. The molecule has 16 heavy (non-hydrogen) atoms. The van der Waals surface area contributed by atoms with Gasteiger partial charge in [0.1, 0.15) is 11.2 Å². The van der Waals surface area contributed by atoms with Crippen molar-refractivity contribution in [2.75, 3.05) is 7.11 Å². The third kappa shape index (κ3) is 1.82. The molecular formula is C11H13BrN2OS. The summed E-state index contributed by atoms with van der Waals surface area (Å²) in [6, 6.07) is 0. The fraction of sp³-hybridized carbons (Fsp3) is 0.455. The minimum Gasteiger partial charge on any atom is -0.480 e. The summed E-state index contributed by atoms with van der Waals surface area (Å²) in [5, 5.41) is 0.972. The van der Waals surface area contributed by atoms with Crippen LogP contribution in [0.25, 0.3) is 10.2 Å². The molecule has 3 nitrogen and oxygen atoms in total. The highest BCUT2D eigenvalue weighted by Crippen LogP contribution is 2.43. The second kappa shape index (κ2) is 3.96. The Labute approximate surface area is 107 Å². The number of methoxy groups -OCH3 is 1. The van der Waals surface area contributed by atoms with Gasteiger partial charge in [-0.05, 0) is 21.3 Å². The summed E-state index contributed by atoms with van der Waals surface area (Å²) >= 11 is 5.31. The van der Waals surface area contributed by atoms with Gasteiger partial charge < -0.3 is 4.74 Å². The van der Waals surface area contributed by atoms with Crippen LogP contribution in [0.3, 0.4) is 0 Å². The molecule has 5 heteroatoms. The number of fused-ring (bicyclic) bond motifs is 1. The molecule has 2 heterocycles. The van der Waals surface area contributed by atoms with E-state index < -0.39 is 0 Å². The molecule has 0 atom stereocenters. The molecule has 0 saturated heterocycles. The number of hydrogen-bond acceptors (Lipinski definition) is 4. The molecule has 0 N–H and O–H groups in total. The summed E-state index contributed by atoms with van der Waals surface area (Å²) < 4.78 is 6.31. The first-order valence-electron chi connectivity index (χ1n) is 4.92. The molecule has 0 bridgehead atoms. The summed E-state index contributed by atoms with van der Waals surface area (Å²) in [6.45, 7) is 6.55. The molecule has 0 spiro atoms. The highest BCUT2D eigenvalue weighted by Gasteiger charge is 2.24. The Morgan fingerprint density at radius 2 is 2.00 bits per heavy atom. The Hall–Kier alpha value is -0.680. The summed E-state index contributed by atoms with van der Waals surface area (Å²) in [5.74, 6) is 0.628. The number of thiophene rings is 1. The van der Waals surface area contributed by atoms with Gasteiger partial charge in [0.05, 0.1) is 12.5 Å². The minimum atomic E-state index is 0.0925. The van der Waals surface area contributed by atoms with Gasteiger partial charge in [-0.2, -0.15) is 0 Å². The zero-order chi connectivity index (χ0) is 11.9. The molecule has 2 aromatic rings. The van der Waals surface area contributed by atoms with Crippen molar-refractivity contribution in [1.29, 1.82) is 0 Å². The van der Waals surface area contributed by atoms with Crippen LogP contribution in [0.2, 0.25) is 0 Å². The van der Waals surface area contributed by atoms with E-state index in [1.165, 1.54) is 11.2 Å². The van der Waals surface area contributed by atoms with Crippen molar-refractivity contribution in [2.24, 2.45) is 0 Å². The number of halogens is 1. The number of nitrogens with zero attached hydrogens (tertiary/aromatic N) is 2. The molecular weight excluding hydrogens is 288 g/mol. The maximum Gasteiger partial charge on any atom is 0.226 e. The Balaban J connectivity index is 2.79. The van der Waals surface area contributed by atoms with E-state index in [-0.39, 0.29) is 5.41 Å². The van der Waals surface area contributed by atoms with Gasteiger partial charge in [0.25, 0.3) is 0 Å². The molecule has 0 aliphatic rings. The van der Waals surface area contributed by atoms with Gasteiger partial charge >= 0.3 is 0 Å². The van der Waals surface area contributed by atoms with Crippen molar-refractivity contribution in [3.63, 3.8) is 0 Å². The fourth-order valence-electron chi connectivity index (χ4n) is 1.51. The van der Waals surface area contributed by atoms with Crippen molar-refractivity contribution in [3.8, 4) is 5.88 Å². The van der Waals surface area contributed by atoms with Gasteiger partial charge in [-0.3, -0.25) is 0 Å². The van der Waals surface area contributed by atoms with E-state index in [1.54, 1.807) is 18.4 Å². The number of ether oxygens (including phenoxy) is 1. The van der Waals surface area contributed by atoms with Crippen LogP contribution in [-0.2, 0) is 5.41 Å². The maximum absolute atomic E-state index is 5.26. The molecule has 0 unspecified atom stereocenters. The molecule has 2 rings (SSSR count). The van der Waals surface area contributed by atoms with Crippen LogP contribution in [0.15, 0.2) is 10.8 Å². The molecule has 0 aliphatic carbocycles. The summed E-state index contributed by atoms with van der Waals surface area (Å²) in [5.41, 5.74) is 0.0925. The van der Waals surface area contributed by atoms with Gasteiger partial charge in [0.2, 0.25) is 5.88 Å². The van der Waals surface area contributed by atoms with Crippen LogP contribution in [0.1, 0.15) is 25.6 Å². The molecule has 0 aromatic carbocycles. The van der Waals surface area contributed by atoms with Crippen LogP contribution in [0.5, 0.6) is 5.88 Å². The van der Waals surface area contributed by atoms with E-state index in [4.69, 9.17) is 4.74 Å². The minimum absolute atomic E-state index is 0.0925. The third-order valence-electron chi connectivity index (χ3n) is 2.27. The highest BCUT2D eigenvalue weighted by molar-refractivity contribution is 9.10. The highest BCUT2D eigenvalue weighted by atomic mass is 79.9. The van der Waals surface area contributed by atoms with Crippen LogP contribution in [0.4, 0.5) is 0 Å². The number of hydrogen-bond donors (Lipinski definition) is 0. The molecule has 0 amide bonds. The zero-order valence-corrected chi connectivity index (χ0v) is 12.1. The van der Waals surface area contributed by atoms with E-state index >= 15 is 0 Å². The van der Waals surface area contributed by atoms with Crippen molar-refractivity contribution < 1.29 is 4.74 Å². The van der Waals surface area contributed by atoms with Gasteiger partial charge in [0, 0.05) is 9.35 Å². The average Bonchev–Trinajstić information content (AvgIpc) is 2.56. The molecule has 0 saturated carbocycles. The van der Waals surface area contributed by atoms with Crippen LogP contribution >= 0.6 is 27.3 Å². The first-order valence-corrected chi connectivity index (χ1v) is 6.53. The lowest BCUT2D eigenvalue weighted by molar-refractivity contribution is 0.402. The first kappa shape index (κ1) is 11.8. The lowest BCUT2D eigenvalue weighted by Gasteiger charge is -2.16. The Morgan fingerprint density at radius 3 is 2.56 bits per heavy atom. The standard InChI is InChI=1S/C11H13BrN2OS/c1-11(2,3)8-7(12)6-9(15-4)13-5-14-10(6)16-8/h5H,1-4H3. The van der Waals surface area contributed by atoms with Crippen LogP contribution in [0, 0.1) is 0 Å². The Bertz CT molecular complexity index is 530. The normalized spacial score (nSPS) is 12.1. The van der Waals surface area contributed by atoms with Gasteiger partial charge in [-0.1, -0.05) is 20.8 Å². The summed E-state index contributed by atoms with van der Waals surface area (Å²) in [7, 11) is 1.63. The second-order valence-corrected chi connectivity index (χ2v) is 6.35. The van der Waals surface area contributed by atoms with Gasteiger partial charge in [-0.15, -0.1) is 11.3 Å². The SMILES string of the molecule is COc1ncnc2sc(C(C)(C)C)c(Br)c12. The lowest BCUT2D eigenvalue weighted by atomic mass is 9.94.